The average molecular weight is 476 g/mol. The minimum Gasteiger partial charge on any atom is -0.490 e. The first-order chi connectivity index (χ1) is 15.7. The van der Waals surface area contributed by atoms with Crippen LogP contribution in [-0.2, 0) is 14.8 Å². The van der Waals surface area contributed by atoms with Crippen LogP contribution in [-0.4, -0.2) is 46.7 Å². The first kappa shape index (κ1) is 24.9. The van der Waals surface area contributed by atoms with E-state index in [-0.39, 0.29) is 10.8 Å². The Morgan fingerprint density at radius 2 is 1.64 bits per heavy atom. The van der Waals surface area contributed by atoms with Crippen LogP contribution < -0.4 is 24.4 Å². The fourth-order valence-corrected chi connectivity index (χ4v) is 4.96. The lowest BCUT2D eigenvalue weighted by Crippen LogP contribution is -2.47. The number of hydrogen-bond donors (Lipinski definition) is 2. The van der Waals surface area contributed by atoms with Gasteiger partial charge in [0.05, 0.1) is 18.1 Å². The van der Waals surface area contributed by atoms with Crippen LogP contribution in [0.4, 0.5) is 11.4 Å². The lowest BCUT2D eigenvalue weighted by molar-refractivity contribution is -0.118. The average Bonchev–Trinajstić information content (AvgIpc) is 3.04. The maximum Gasteiger partial charge on any atom is 0.242 e. The number of carbonyl (C=O) groups is 1. The van der Waals surface area contributed by atoms with E-state index in [0.29, 0.717) is 30.4 Å². The number of nitrogens with zero attached hydrogens (tertiary/aromatic N) is 1. The molecule has 33 heavy (non-hydrogen) atoms. The molecule has 2 aromatic rings. The van der Waals surface area contributed by atoms with Gasteiger partial charge in [-0.15, -0.1) is 0 Å². The molecule has 0 saturated heterocycles. The van der Waals surface area contributed by atoms with Crippen molar-refractivity contribution < 1.29 is 22.7 Å². The smallest absolute Gasteiger partial charge is 0.242 e. The Bertz CT molecular complexity index is 1050. The molecule has 2 aromatic carbocycles. The maximum atomic E-state index is 13.1. The van der Waals surface area contributed by atoms with Crippen molar-refractivity contribution in [2.75, 3.05) is 36.5 Å². The summed E-state index contributed by atoms with van der Waals surface area (Å²) in [6, 6.07) is 11.0. The molecule has 1 atom stereocenters. The summed E-state index contributed by atoms with van der Waals surface area (Å²) in [5, 5.41) is 2.83. The summed E-state index contributed by atoms with van der Waals surface area (Å²) < 4.78 is 39.9. The summed E-state index contributed by atoms with van der Waals surface area (Å²) in [5.41, 5.74) is 1.67. The standard InChI is InChI=1S/C24H33N3O5S/c1-5-27(6-2)19-10-8-18(9-11-19)25-24(28)23(17(3)4)26-33(29,30)20-12-13-21-22(16-20)32-15-7-14-31-21/h8-13,16-17,23,26H,5-7,14-15H2,1-4H3,(H,25,28)/t23-/m1/s1. The van der Waals surface area contributed by atoms with E-state index in [9.17, 15) is 13.2 Å². The number of sulfonamides is 1. The fourth-order valence-electron chi connectivity index (χ4n) is 3.60. The van der Waals surface area contributed by atoms with E-state index in [1.807, 2.05) is 24.3 Å². The molecule has 9 heteroatoms. The van der Waals surface area contributed by atoms with Crippen molar-refractivity contribution in [3.8, 4) is 11.5 Å². The van der Waals surface area contributed by atoms with Crippen LogP contribution in [0.3, 0.4) is 0 Å². The molecular weight excluding hydrogens is 442 g/mol. The molecule has 3 rings (SSSR count). The van der Waals surface area contributed by atoms with Crippen molar-refractivity contribution in [1.82, 2.24) is 4.72 Å². The number of amides is 1. The third-order valence-corrected chi connectivity index (χ3v) is 6.96. The molecule has 1 aliphatic rings. The zero-order valence-electron chi connectivity index (χ0n) is 19.6. The molecule has 2 N–H and O–H groups in total. The van der Waals surface area contributed by atoms with E-state index in [2.05, 4.69) is 28.8 Å². The predicted octanol–water partition coefficient (Wildman–Crippen LogP) is 3.64. The topological polar surface area (TPSA) is 97.0 Å². The van der Waals surface area contributed by atoms with Crippen LogP contribution in [0.2, 0.25) is 0 Å². The van der Waals surface area contributed by atoms with Crippen molar-refractivity contribution in [3.63, 3.8) is 0 Å². The zero-order chi connectivity index (χ0) is 24.0. The van der Waals surface area contributed by atoms with Crippen molar-refractivity contribution in [2.24, 2.45) is 5.92 Å². The molecule has 1 heterocycles. The Morgan fingerprint density at radius 3 is 2.24 bits per heavy atom. The van der Waals surface area contributed by atoms with Gasteiger partial charge in [-0.05, 0) is 56.2 Å². The molecule has 1 aliphatic heterocycles. The number of carbonyl (C=O) groups excluding carboxylic acids is 1. The molecular formula is C24H33N3O5S. The van der Waals surface area contributed by atoms with Gasteiger partial charge in [-0.25, -0.2) is 8.42 Å². The molecule has 0 aliphatic carbocycles. The van der Waals surface area contributed by atoms with Crippen LogP contribution in [0.1, 0.15) is 34.1 Å². The molecule has 0 fully saturated rings. The summed E-state index contributed by atoms with van der Waals surface area (Å²) in [5.74, 6) is 0.209. The second-order valence-corrected chi connectivity index (χ2v) is 9.92. The van der Waals surface area contributed by atoms with Gasteiger partial charge in [-0.3, -0.25) is 4.79 Å². The molecule has 0 aromatic heterocycles. The zero-order valence-corrected chi connectivity index (χ0v) is 20.4. The molecule has 0 bridgehead atoms. The fraction of sp³-hybridized carbons (Fsp3) is 0.458. The monoisotopic (exact) mass is 475 g/mol. The van der Waals surface area contributed by atoms with Crippen molar-refractivity contribution in [3.05, 3.63) is 42.5 Å². The number of benzene rings is 2. The highest BCUT2D eigenvalue weighted by molar-refractivity contribution is 7.89. The Kier molecular flexibility index (Phi) is 8.20. The number of ether oxygens (including phenoxy) is 2. The van der Waals surface area contributed by atoms with E-state index in [1.54, 1.807) is 19.9 Å². The minimum atomic E-state index is -3.96. The second kappa shape index (κ2) is 10.9. The van der Waals surface area contributed by atoms with Crippen LogP contribution in [0.5, 0.6) is 11.5 Å². The first-order valence-electron chi connectivity index (χ1n) is 11.3. The summed E-state index contributed by atoms with van der Waals surface area (Å²) in [6.07, 6.45) is 0.723. The maximum absolute atomic E-state index is 13.1. The van der Waals surface area contributed by atoms with E-state index < -0.39 is 22.0 Å². The minimum absolute atomic E-state index is 0.0220. The molecule has 0 spiro atoms. The van der Waals surface area contributed by atoms with Crippen LogP contribution in [0.25, 0.3) is 0 Å². The largest absolute Gasteiger partial charge is 0.490 e. The third kappa shape index (κ3) is 6.17. The van der Waals surface area contributed by atoms with Gasteiger partial charge in [-0.2, -0.15) is 4.72 Å². The van der Waals surface area contributed by atoms with Crippen LogP contribution >= 0.6 is 0 Å². The van der Waals surface area contributed by atoms with Gasteiger partial charge in [0.15, 0.2) is 11.5 Å². The summed E-state index contributed by atoms with van der Waals surface area (Å²) in [7, 11) is -3.96. The van der Waals surface area contributed by atoms with Gasteiger partial charge >= 0.3 is 0 Å². The predicted molar refractivity (Wildman–Crippen MR) is 130 cm³/mol. The Labute approximate surface area is 196 Å². The van der Waals surface area contributed by atoms with Gasteiger partial charge in [0, 0.05) is 37.0 Å². The van der Waals surface area contributed by atoms with E-state index in [0.717, 1.165) is 25.2 Å². The van der Waals surface area contributed by atoms with Gasteiger partial charge < -0.3 is 19.7 Å². The van der Waals surface area contributed by atoms with Crippen molar-refractivity contribution in [2.45, 2.75) is 45.1 Å². The van der Waals surface area contributed by atoms with E-state index >= 15 is 0 Å². The highest BCUT2D eigenvalue weighted by Crippen LogP contribution is 2.32. The van der Waals surface area contributed by atoms with Crippen molar-refractivity contribution >= 4 is 27.3 Å². The number of nitrogens with one attached hydrogen (secondary N) is 2. The van der Waals surface area contributed by atoms with Gasteiger partial charge in [0.2, 0.25) is 15.9 Å². The lowest BCUT2D eigenvalue weighted by Gasteiger charge is -2.23. The summed E-state index contributed by atoms with van der Waals surface area (Å²) in [4.78, 5) is 15.2. The Hall–Kier alpha value is -2.78. The molecule has 8 nitrogen and oxygen atoms in total. The van der Waals surface area contributed by atoms with E-state index in [1.165, 1.54) is 12.1 Å². The third-order valence-electron chi connectivity index (χ3n) is 5.52. The SMILES string of the molecule is CCN(CC)c1ccc(NC(=O)[C@H](NS(=O)(=O)c2ccc3c(c2)OCCCO3)C(C)C)cc1. The summed E-state index contributed by atoms with van der Waals surface area (Å²) >= 11 is 0. The van der Waals surface area contributed by atoms with Gasteiger partial charge in [0.1, 0.15) is 6.04 Å². The molecule has 1 amide bonds. The first-order valence-corrected chi connectivity index (χ1v) is 12.8. The quantitative estimate of drug-likeness (QED) is 0.575. The molecule has 0 unspecified atom stereocenters. The normalized spacial score (nSPS) is 14.5. The Morgan fingerprint density at radius 1 is 1.00 bits per heavy atom. The Balaban J connectivity index is 1.74. The highest BCUT2D eigenvalue weighted by atomic mass is 32.2. The number of anilines is 2. The highest BCUT2D eigenvalue weighted by Gasteiger charge is 2.29. The lowest BCUT2D eigenvalue weighted by atomic mass is 10.0. The van der Waals surface area contributed by atoms with Crippen molar-refractivity contribution in [1.29, 1.82) is 0 Å². The van der Waals surface area contributed by atoms with E-state index in [4.69, 9.17) is 9.47 Å². The number of fused-ring (bicyclic) bond motifs is 1. The number of hydrogen-bond acceptors (Lipinski definition) is 6. The molecule has 180 valence electrons. The van der Waals surface area contributed by atoms with Crippen LogP contribution in [0.15, 0.2) is 47.4 Å². The second-order valence-electron chi connectivity index (χ2n) is 8.21. The number of rotatable bonds is 9. The van der Waals surface area contributed by atoms with Crippen LogP contribution in [0, 0.1) is 5.92 Å². The van der Waals surface area contributed by atoms with Gasteiger partial charge in [0.25, 0.3) is 0 Å². The molecule has 0 saturated carbocycles. The summed E-state index contributed by atoms with van der Waals surface area (Å²) in [6.45, 7) is 10.5. The van der Waals surface area contributed by atoms with Gasteiger partial charge in [-0.1, -0.05) is 13.8 Å². The molecule has 0 radical (unpaired) electrons.